The van der Waals surface area contributed by atoms with Crippen molar-refractivity contribution < 1.29 is 9.53 Å². The van der Waals surface area contributed by atoms with Gasteiger partial charge in [-0.2, -0.15) is 4.98 Å². The number of allylic oxidation sites excluding steroid dienone is 1. The van der Waals surface area contributed by atoms with Crippen LogP contribution in [0.1, 0.15) is 24.1 Å². The number of nitrogens with zero attached hydrogens (tertiary/aromatic N) is 3. The van der Waals surface area contributed by atoms with Crippen LogP contribution in [0.15, 0.2) is 84.1 Å². The minimum Gasteiger partial charge on any atom is -0.495 e. The average Bonchev–Trinajstić information content (AvgIpc) is 3.28. The second-order valence-corrected chi connectivity index (χ2v) is 8.78. The third kappa shape index (κ3) is 4.38. The Bertz CT molecular complexity index is 1440. The lowest BCUT2D eigenvalue weighted by molar-refractivity contribution is -0.113. The summed E-state index contributed by atoms with van der Waals surface area (Å²) >= 11 is 6.17. The van der Waals surface area contributed by atoms with Gasteiger partial charge in [0.15, 0.2) is 5.82 Å². The molecule has 7 nitrogen and oxygen atoms in total. The number of anilines is 2. The number of para-hydroxylation sites is 2. The molecule has 4 aromatic rings. The molecule has 1 amide bonds. The molecule has 1 aliphatic heterocycles. The fourth-order valence-electron chi connectivity index (χ4n) is 4.24. The van der Waals surface area contributed by atoms with Crippen molar-refractivity contribution in [3.63, 3.8) is 0 Å². The van der Waals surface area contributed by atoms with Gasteiger partial charge in [-0.25, -0.2) is 4.68 Å². The van der Waals surface area contributed by atoms with E-state index >= 15 is 0 Å². The molecule has 2 heterocycles. The molecule has 1 atom stereocenters. The highest BCUT2D eigenvalue weighted by Crippen LogP contribution is 2.37. The van der Waals surface area contributed by atoms with Crippen LogP contribution < -0.4 is 15.4 Å². The lowest BCUT2D eigenvalue weighted by Crippen LogP contribution is -2.31. The number of carbonyl (C=O) groups excluding carboxylic acids is 1. The Morgan fingerprint density at radius 1 is 1.06 bits per heavy atom. The summed E-state index contributed by atoms with van der Waals surface area (Å²) in [5.41, 5.74) is 4.67. The van der Waals surface area contributed by atoms with Gasteiger partial charge in [0, 0.05) is 16.3 Å². The zero-order valence-electron chi connectivity index (χ0n) is 19.5. The molecule has 0 radical (unpaired) electrons. The van der Waals surface area contributed by atoms with Crippen molar-refractivity contribution in [3.8, 4) is 17.1 Å². The highest BCUT2D eigenvalue weighted by Gasteiger charge is 2.34. The molecule has 0 saturated heterocycles. The zero-order valence-corrected chi connectivity index (χ0v) is 20.3. The standard InChI is InChI=1S/C27H24ClN5O2/c1-16-7-6-8-19(15-16)25-31-27-29-17(2)23(26(34)30-21-9-4-5-10-22(21)35-3)24(33(27)32-25)18-11-13-20(28)14-12-18/h4-15,24H,1-3H3,(H,30,34)(H,29,31,32). The van der Waals surface area contributed by atoms with E-state index in [1.807, 2.05) is 74.5 Å². The number of hydrogen-bond acceptors (Lipinski definition) is 5. The summed E-state index contributed by atoms with van der Waals surface area (Å²) < 4.78 is 7.17. The number of benzene rings is 3. The lowest BCUT2D eigenvalue weighted by atomic mass is 9.95. The van der Waals surface area contributed by atoms with Crippen LogP contribution in [0.5, 0.6) is 5.75 Å². The largest absolute Gasteiger partial charge is 0.495 e. The van der Waals surface area contributed by atoms with Crippen molar-refractivity contribution in [1.82, 2.24) is 14.8 Å². The fourth-order valence-corrected chi connectivity index (χ4v) is 4.37. The van der Waals surface area contributed by atoms with Gasteiger partial charge in [-0.1, -0.05) is 59.6 Å². The molecule has 1 aromatic heterocycles. The molecule has 0 fully saturated rings. The van der Waals surface area contributed by atoms with Gasteiger partial charge in [0.1, 0.15) is 11.8 Å². The van der Waals surface area contributed by atoms with Crippen LogP contribution in [0.2, 0.25) is 5.02 Å². The molecular weight excluding hydrogens is 462 g/mol. The molecular formula is C27H24ClN5O2. The van der Waals surface area contributed by atoms with Crippen LogP contribution in [0.3, 0.4) is 0 Å². The number of ether oxygens (including phenoxy) is 1. The van der Waals surface area contributed by atoms with Gasteiger partial charge < -0.3 is 15.4 Å². The van der Waals surface area contributed by atoms with Crippen LogP contribution in [0.25, 0.3) is 11.4 Å². The SMILES string of the molecule is COc1ccccc1NC(=O)C1=C(C)Nc2nc(-c3cccc(C)c3)nn2C1c1ccc(Cl)cc1. The van der Waals surface area contributed by atoms with E-state index in [-0.39, 0.29) is 5.91 Å². The minimum atomic E-state index is -0.510. The fraction of sp³-hybridized carbons (Fsp3) is 0.148. The third-order valence-corrected chi connectivity index (χ3v) is 6.17. The van der Waals surface area contributed by atoms with Gasteiger partial charge in [-0.05, 0) is 49.7 Å². The first-order chi connectivity index (χ1) is 16.9. The van der Waals surface area contributed by atoms with E-state index in [1.54, 1.807) is 23.9 Å². The number of nitrogens with one attached hydrogen (secondary N) is 2. The van der Waals surface area contributed by atoms with Gasteiger partial charge in [-0.15, -0.1) is 5.10 Å². The first kappa shape index (κ1) is 22.7. The highest BCUT2D eigenvalue weighted by atomic mass is 35.5. The maximum absolute atomic E-state index is 13.7. The van der Waals surface area contributed by atoms with Crippen LogP contribution in [-0.2, 0) is 4.79 Å². The number of fused-ring (bicyclic) bond motifs is 1. The molecule has 3 aromatic carbocycles. The second-order valence-electron chi connectivity index (χ2n) is 8.35. The number of halogens is 1. The molecule has 0 saturated carbocycles. The van der Waals surface area contributed by atoms with E-state index in [0.717, 1.165) is 16.7 Å². The van der Waals surface area contributed by atoms with Gasteiger partial charge in [-0.3, -0.25) is 4.79 Å². The van der Waals surface area contributed by atoms with Gasteiger partial charge in [0.2, 0.25) is 5.95 Å². The zero-order chi connectivity index (χ0) is 24.5. The number of carbonyl (C=O) groups is 1. The number of aromatic nitrogens is 3. The summed E-state index contributed by atoms with van der Waals surface area (Å²) in [7, 11) is 1.57. The lowest BCUT2D eigenvalue weighted by Gasteiger charge is -2.28. The van der Waals surface area contributed by atoms with Gasteiger partial charge in [0.25, 0.3) is 5.91 Å². The van der Waals surface area contributed by atoms with E-state index in [9.17, 15) is 4.79 Å². The Kier molecular flexibility index (Phi) is 6.01. The molecule has 5 rings (SSSR count). The summed E-state index contributed by atoms with van der Waals surface area (Å²) in [6, 6.07) is 22.2. The van der Waals surface area contributed by atoms with Crippen molar-refractivity contribution in [2.45, 2.75) is 19.9 Å². The molecule has 0 spiro atoms. The van der Waals surface area contributed by atoms with Crippen molar-refractivity contribution in [1.29, 1.82) is 0 Å². The van der Waals surface area contributed by atoms with Crippen molar-refractivity contribution in [2.75, 3.05) is 17.7 Å². The maximum Gasteiger partial charge on any atom is 0.255 e. The second kappa shape index (κ2) is 9.27. The quantitative estimate of drug-likeness (QED) is 0.371. The van der Waals surface area contributed by atoms with E-state index < -0.39 is 6.04 Å². The molecule has 1 unspecified atom stereocenters. The molecule has 176 valence electrons. The maximum atomic E-state index is 13.7. The minimum absolute atomic E-state index is 0.266. The number of aryl methyl sites for hydroxylation is 1. The first-order valence-electron chi connectivity index (χ1n) is 11.2. The Hall–Kier alpha value is -4.10. The van der Waals surface area contributed by atoms with Crippen LogP contribution >= 0.6 is 11.6 Å². The molecule has 35 heavy (non-hydrogen) atoms. The van der Waals surface area contributed by atoms with Crippen molar-refractivity contribution >= 4 is 29.1 Å². The smallest absolute Gasteiger partial charge is 0.255 e. The Balaban J connectivity index is 1.60. The first-order valence-corrected chi connectivity index (χ1v) is 11.5. The number of amides is 1. The molecule has 0 bridgehead atoms. The van der Waals surface area contributed by atoms with Gasteiger partial charge >= 0.3 is 0 Å². The van der Waals surface area contributed by atoms with Crippen molar-refractivity contribution in [2.24, 2.45) is 0 Å². The number of methoxy groups -OCH3 is 1. The topological polar surface area (TPSA) is 81.1 Å². The molecule has 1 aliphatic rings. The number of rotatable bonds is 5. The Morgan fingerprint density at radius 2 is 1.83 bits per heavy atom. The van der Waals surface area contributed by atoms with E-state index in [4.69, 9.17) is 26.4 Å². The van der Waals surface area contributed by atoms with E-state index in [2.05, 4.69) is 10.6 Å². The summed E-state index contributed by atoms with van der Waals surface area (Å²) in [6.07, 6.45) is 0. The molecule has 2 N–H and O–H groups in total. The predicted molar refractivity (Wildman–Crippen MR) is 138 cm³/mol. The summed E-state index contributed by atoms with van der Waals surface area (Å²) in [5, 5.41) is 11.7. The Labute approximate surface area is 208 Å². The van der Waals surface area contributed by atoms with Crippen LogP contribution in [0.4, 0.5) is 11.6 Å². The predicted octanol–water partition coefficient (Wildman–Crippen LogP) is 5.84. The highest BCUT2D eigenvalue weighted by molar-refractivity contribution is 6.30. The van der Waals surface area contributed by atoms with Crippen LogP contribution in [0, 0.1) is 6.92 Å². The third-order valence-electron chi connectivity index (χ3n) is 5.91. The average molecular weight is 486 g/mol. The van der Waals surface area contributed by atoms with Crippen LogP contribution in [-0.4, -0.2) is 27.8 Å². The monoisotopic (exact) mass is 485 g/mol. The van der Waals surface area contributed by atoms with E-state index in [0.29, 0.717) is 39.5 Å². The number of hydrogen-bond donors (Lipinski definition) is 2. The summed E-state index contributed by atoms with van der Waals surface area (Å²) in [6.45, 7) is 3.89. The molecule has 8 heteroatoms. The Morgan fingerprint density at radius 3 is 2.57 bits per heavy atom. The van der Waals surface area contributed by atoms with E-state index in [1.165, 1.54) is 0 Å². The normalized spacial score (nSPS) is 14.8. The van der Waals surface area contributed by atoms with Crippen molar-refractivity contribution in [3.05, 3.63) is 100 Å². The summed E-state index contributed by atoms with van der Waals surface area (Å²) in [5.74, 6) is 1.45. The summed E-state index contributed by atoms with van der Waals surface area (Å²) in [4.78, 5) is 18.4. The van der Waals surface area contributed by atoms with Gasteiger partial charge in [0.05, 0.1) is 18.4 Å². The molecule has 0 aliphatic carbocycles.